The molecule has 17 heavy (non-hydrogen) atoms. The highest BCUT2D eigenvalue weighted by molar-refractivity contribution is 7.89. The molecule has 0 heterocycles. The van der Waals surface area contributed by atoms with Gasteiger partial charge >= 0.3 is 0 Å². The number of sulfonamides is 1. The summed E-state index contributed by atoms with van der Waals surface area (Å²) in [5.74, 6) is 0.136. The molecule has 1 aromatic carbocycles. The first-order valence-corrected chi connectivity index (χ1v) is 7.15. The van der Waals surface area contributed by atoms with E-state index in [2.05, 4.69) is 4.72 Å². The lowest BCUT2D eigenvalue weighted by Gasteiger charge is -2.21. The van der Waals surface area contributed by atoms with Gasteiger partial charge in [0, 0.05) is 18.9 Å². The quantitative estimate of drug-likeness (QED) is 0.887. The van der Waals surface area contributed by atoms with E-state index in [0.29, 0.717) is 12.8 Å². The van der Waals surface area contributed by atoms with Gasteiger partial charge in [0.1, 0.15) is 5.78 Å². The monoisotopic (exact) mass is 253 g/mol. The average molecular weight is 253 g/mol. The summed E-state index contributed by atoms with van der Waals surface area (Å²) in [7, 11) is -3.49. The first kappa shape index (κ1) is 12.3. The van der Waals surface area contributed by atoms with Crippen LogP contribution in [0.15, 0.2) is 35.2 Å². The summed E-state index contributed by atoms with van der Waals surface area (Å²) < 4.78 is 26.6. The molecule has 0 spiro atoms. The fourth-order valence-corrected chi connectivity index (χ4v) is 3.30. The highest BCUT2D eigenvalue weighted by Gasteiger charge is 2.24. The van der Waals surface area contributed by atoms with E-state index in [1.807, 2.05) is 0 Å². The number of hydrogen-bond acceptors (Lipinski definition) is 3. The summed E-state index contributed by atoms with van der Waals surface area (Å²) in [6, 6.07) is 7.98. The molecule has 0 bridgehead atoms. The van der Waals surface area contributed by atoms with Gasteiger partial charge < -0.3 is 0 Å². The van der Waals surface area contributed by atoms with Crippen molar-refractivity contribution < 1.29 is 13.2 Å². The minimum atomic E-state index is -3.49. The predicted molar refractivity (Wildman–Crippen MR) is 64.0 cm³/mol. The summed E-state index contributed by atoms with van der Waals surface area (Å²) in [5.41, 5.74) is 0. The van der Waals surface area contributed by atoms with Crippen LogP contribution in [-0.4, -0.2) is 20.2 Å². The standard InChI is InChI=1S/C12H15NO3S/c14-11-6-4-5-10(9-11)13-17(15,16)12-7-2-1-3-8-12/h1-3,7-8,10,13H,4-6,9H2. The van der Waals surface area contributed by atoms with Crippen molar-refractivity contribution in [2.24, 2.45) is 0 Å². The Balaban J connectivity index is 2.10. The molecule has 92 valence electrons. The van der Waals surface area contributed by atoms with Crippen LogP contribution >= 0.6 is 0 Å². The molecule has 1 saturated carbocycles. The number of rotatable bonds is 3. The highest BCUT2D eigenvalue weighted by Crippen LogP contribution is 2.17. The Morgan fingerprint density at radius 2 is 1.88 bits per heavy atom. The van der Waals surface area contributed by atoms with Crippen molar-refractivity contribution in [2.75, 3.05) is 0 Å². The molecule has 4 nitrogen and oxygen atoms in total. The lowest BCUT2D eigenvalue weighted by atomic mass is 9.95. The molecule has 0 saturated heterocycles. The van der Waals surface area contributed by atoms with Crippen LogP contribution in [0, 0.1) is 0 Å². The van der Waals surface area contributed by atoms with E-state index in [1.165, 1.54) is 0 Å². The minimum Gasteiger partial charge on any atom is -0.300 e. The molecule has 0 aliphatic heterocycles. The summed E-state index contributed by atoms with van der Waals surface area (Å²) in [6.07, 6.45) is 2.38. The van der Waals surface area contributed by atoms with E-state index >= 15 is 0 Å². The zero-order valence-electron chi connectivity index (χ0n) is 9.43. The Kier molecular flexibility index (Phi) is 3.59. The van der Waals surface area contributed by atoms with Crippen LogP contribution in [0.1, 0.15) is 25.7 Å². The van der Waals surface area contributed by atoms with Gasteiger partial charge in [-0.15, -0.1) is 0 Å². The number of carbonyl (C=O) groups is 1. The normalized spacial score (nSPS) is 21.4. The Hall–Kier alpha value is -1.20. The van der Waals surface area contributed by atoms with Gasteiger partial charge in [-0.25, -0.2) is 13.1 Å². The molecule has 0 amide bonds. The fourth-order valence-electron chi connectivity index (χ4n) is 2.01. The number of ketones is 1. The fraction of sp³-hybridized carbons (Fsp3) is 0.417. The molecule has 1 aliphatic rings. The molecule has 1 fully saturated rings. The SMILES string of the molecule is O=C1CCCC(NS(=O)(=O)c2ccccc2)C1. The third kappa shape index (κ3) is 3.14. The van der Waals surface area contributed by atoms with Crippen LogP contribution in [0.4, 0.5) is 0 Å². The number of benzene rings is 1. The van der Waals surface area contributed by atoms with E-state index in [-0.39, 0.29) is 16.7 Å². The van der Waals surface area contributed by atoms with Gasteiger partial charge in [0.25, 0.3) is 0 Å². The van der Waals surface area contributed by atoms with Crippen LogP contribution in [0.2, 0.25) is 0 Å². The summed E-state index contributed by atoms with van der Waals surface area (Å²) in [4.78, 5) is 11.5. The molecule has 1 aliphatic carbocycles. The third-order valence-electron chi connectivity index (χ3n) is 2.86. The third-order valence-corrected chi connectivity index (χ3v) is 4.39. The first-order valence-electron chi connectivity index (χ1n) is 5.67. The van der Waals surface area contributed by atoms with E-state index < -0.39 is 10.0 Å². The zero-order valence-corrected chi connectivity index (χ0v) is 10.2. The molecule has 1 N–H and O–H groups in total. The van der Waals surface area contributed by atoms with Crippen molar-refractivity contribution in [1.82, 2.24) is 4.72 Å². The van der Waals surface area contributed by atoms with Crippen molar-refractivity contribution in [1.29, 1.82) is 0 Å². The van der Waals surface area contributed by atoms with Crippen molar-refractivity contribution in [3.05, 3.63) is 30.3 Å². The number of Topliss-reactive ketones (excluding diaryl/α,β-unsaturated/α-hetero) is 1. The van der Waals surface area contributed by atoms with Gasteiger partial charge in [0.15, 0.2) is 0 Å². The van der Waals surface area contributed by atoms with Crippen LogP contribution in [-0.2, 0) is 14.8 Å². The van der Waals surface area contributed by atoms with Crippen LogP contribution in [0.25, 0.3) is 0 Å². The van der Waals surface area contributed by atoms with Gasteiger partial charge in [-0.2, -0.15) is 0 Å². The van der Waals surface area contributed by atoms with E-state index in [4.69, 9.17) is 0 Å². The average Bonchev–Trinajstić information content (AvgIpc) is 2.29. The predicted octanol–water partition coefficient (Wildman–Crippen LogP) is 1.48. The second-order valence-corrected chi connectivity index (χ2v) is 5.98. The van der Waals surface area contributed by atoms with Gasteiger partial charge in [-0.05, 0) is 25.0 Å². The molecular formula is C12H15NO3S. The molecule has 1 unspecified atom stereocenters. The zero-order chi connectivity index (χ0) is 12.3. The van der Waals surface area contributed by atoms with Crippen molar-refractivity contribution in [2.45, 2.75) is 36.6 Å². The lowest BCUT2D eigenvalue weighted by Crippen LogP contribution is -2.38. The number of hydrogen-bond donors (Lipinski definition) is 1. The van der Waals surface area contributed by atoms with Crippen LogP contribution < -0.4 is 4.72 Å². The maximum Gasteiger partial charge on any atom is 0.240 e. The molecular weight excluding hydrogens is 238 g/mol. The van der Waals surface area contributed by atoms with E-state index in [9.17, 15) is 13.2 Å². The van der Waals surface area contributed by atoms with Gasteiger partial charge in [0.2, 0.25) is 10.0 Å². The molecule has 5 heteroatoms. The van der Waals surface area contributed by atoms with Gasteiger partial charge in [0.05, 0.1) is 4.90 Å². The number of nitrogens with one attached hydrogen (secondary N) is 1. The highest BCUT2D eigenvalue weighted by atomic mass is 32.2. The molecule has 0 radical (unpaired) electrons. The topological polar surface area (TPSA) is 63.2 Å². The van der Waals surface area contributed by atoms with Gasteiger partial charge in [-0.1, -0.05) is 18.2 Å². The Bertz CT molecular complexity index is 496. The Morgan fingerprint density at radius 3 is 2.53 bits per heavy atom. The van der Waals surface area contributed by atoms with E-state index in [0.717, 1.165) is 12.8 Å². The van der Waals surface area contributed by atoms with Gasteiger partial charge in [-0.3, -0.25) is 4.79 Å². The first-order chi connectivity index (χ1) is 8.08. The summed E-state index contributed by atoms with van der Waals surface area (Å²) in [6.45, 7) is 0. The molecule has 1 aromatic rings. The molecule has 0 aromatic heterocycles. The largest absolute Gasteiger partial charge is 0.300 e. The Labute approximate surface area is 101 Å². The molecule has 2 rings (SSSR count). The minimum absolute atomic E-state index is 0.136. The van der Waals surface area contributed by atoms with Crippen molar-refractivity contribution >= 4 is 15.8 Å². The van der Waals surface area contributed by atoms with Crippen LogP contribution in [0.3, 0.4) is 0 Å². The summed E-state index contributed by atoms with van der Waals surface area (Å²) >= 11 is 0. The maximum atomic E-state index is 12.0. The maximum absolute atomic E-state index is 12.0. The van der Waals surface area contributed by atoms with Crippen LogP contribution in [0.5, 0.6) is 0 Å². The second kappa shape index (κ2) is 4.98. The molecule has 1 atom stereocenters. The second-order valence-electron chi connectivity index (χ2n) is 4.27. The lowest BCUT2D eigenvalue weighted by molar-refractivity contribution is -0.120. The van der Waals surface area contributed by atoms with E-state index in [1.54, 1.807) is 30.3 Å². The van der Waals surface area contributed by atoms with Crippen molar-refractivity contribution in [3.63, 3.8) is 0 Å². The van der Waals surface area contributed by atoms with Crippen molar-refractivity contribution in [3.8, 4) is 0 Å². The number of carbonyl (C=O) groups excluding carboxylic acids is 1. The Morgan fingerprint density at radius 1 is 1.18 bits per heavy atom. The smallest absolute Gasteiger partial charge is 0.240 e. The summed E-state index contributed by atoms with van der Waals surface area (Å²) in [5, 5.41) is 0.